The Bertz CT molecular complexity index is 1490. The number of nitrogens with zero attached hydrogens (tertiary/aromatic N) is 3. The number of urea groups is 1. The number of aromatic nitrogens is 3. The molecule has 0 fully saturated rings. The Kier molecular flexibility index (Phi) is 7.25. The van der Waals surface area contributed by atoms with Gasteiger partial charge in [0.25, 0.3) is 0 Å². The van der Waals surface area contributed by atoms with Gasteiger partial charge in [-0.3, -0.25) is 0 Å². The van der Waals surface area contributed by atoms with Crippen LogP contribution in [0.15, 0.2) is 67.1 Å². The summed E-state index contributed by atoms with van der Waals surface area (Å²) in [6.45, 7) is 0. The number of nitrogens with two attached hydrogens (primary N) is 1. The number of amides is 2. The van der Waals surface area contributed by atoms with Crippen LogP contribution in [0.25, 0.3) is 11.1 Å². The Morgan fingerprint density at radius 2 is 1.44 bits per heavy atom. The highest BCUT2D eigenvalue weighted by molar-refractivity contribution is 5.99. The monoisotopic (exact) mass is 552 g/mol. The molecule has 2 amide bonds. The van der Waals surface area contributed by atoms with Crippen molar-refractivity contribution in [1.82, 2.24) is 15.0 Å². The van der Waals surface area contributed by atoms with E-state index in [4.69, 9.17) is 10.5 Å². The molecule has 0 unspecified atom stereocenters. The molecule has 0 saturated carbocycles. The van der Waals surface area contributed by atoms with Gasteiger partial charge in [0.1, 0.15) is 17.4 Å². The van der Waals surface area contributed by atoms with Gasteiger partial charge in [0, 0.05) is 11.8 Å². The van der Waals surface area contributed by atoms with Gasteiger partial charge >= 0.3 is 24.4 Å². The predicted octanol–water partition coefficient (Wildman–Crippen LogP) is 6.73. The summed E-state index contributed by atoms with van der Waals surface area (Å²) in [4.78, 5) is 23.4. The van der Waals surface area contributed by atoms with E-state index in [2.05, 4.69) is 25.6 Å². The highest BCUT2D eigenvalue weighted by atomic mass is 19.4. The molecular formula is C24H15F7N6O2. The second-order valence-corrected chi connectivity index (χ2v) is 7.81. The van der Waals surface area contributed by atoms with E-state index in [9.17, 15) is 35.5 Å². The molecule has 0 bridgehead atoms. The Labute approximate surface area is 214 Å². The first-order chi connectivity index (χ1) is 18.3. The van der Waals surface area contributed by atoms with Gasteiger partial charge in [-0.1, -0.05) is 12.1 Å². The van der Waals surface area contributed by atoms with Crippen molar-refractivity contribution in [2.75, 3.05) is 16.4 Å². The minimum absolute atomic E-state index is 0.0510. The number of anilines is 3. The fourth-order valence-corrected chi connectivity index (χ4v) is 3.18. The lowest BCUT2D eigenvalue weighted by Crippen LogP contribution is -2.20. The molecule has 0 aliphatic rings. The van der Waals surface area contributed by atoms with E-state index < -0.39 is 41.0 Å². The van der Waals surface area contributed by atoms with Gasteiger partial charge in [-0.05, 0) is 42.0 Å². The Balaban J connectivity index is 1.37. The first-order valence-corrected chi connectivity index (χ1v) is 10.7. The van der Waals surface area contributed by atoms with E-state index in [0.717, 1.165) is 24.5 Å². The zero-order chi connectivity index (χ0) is 28.4. The van der Waals surface area contributed by atoms with E-state index in [-0.39, 0.29) is 34.9 Å². The smallest absolute Gasteiger partial charge is 0.417 e. The standard InChI is InChI=1S/C24H15F7N6O2/c25-18-8-13(23(26,27)28)3-6-19(18)37-21(38)36-15-10-34-22(35-11-15)39-16-4-1-12(2-5-16)17-7-14(24(29,30)31)9-33-20(17)32/h1-11H,(H2,32,33)(H2,36,37,38). The van der Waals surface area contributed by atoms with E-state index in [1.54, 1.807) is 0 Å². The van der Waals surface area contributed by atoms with E-state index in [1.807, 2.05) is 0 Å². The third kappa shape index (κ3) is 6.68. The molecule has 0 aliphatic carbocycles. The number of hydrogen-bond acceptors (Lipinski definition) is 6. The highest BCUT2D eigenvalue weighted by Gasteiger charge is 2.32. The molecule has 2 aromatic carbocycles. The van der Waals surface area contributed by atoms with Crippen molar-refractivity contribution in [2.45, 2.75) is 12.4 Å². The number of carbonyl (C=O) groups excluding carboxylic acids is 1. The zero-order valence-corrected chi connectivity index (χ0v) is 19.2. The molecule has 4 N–H and O–H groups in total. The summed E-state index contributed by atoms with van der Waals surface area (Å²) in [6.07, 6.45) is -6.39. The highest BCUT2D eigenvalue weighted by Crippen LogP contribution is 2.35. The van der Waals surface area contributed by atoms with Crippen LogP contribution in [-0.2, 0) is 12.4 Å². The Hall–Kier alpha value is -4.95. The zero-order valence-electron chi connectivity index (χ0n) is 19.2. The number of halogens is 7. The number of pyridine rings is 1. The van der Waals surface area contributed by atoms with Crippen LogP contribution in [0.4, 0.5) is 52.7 Å². The van der Waals surface area contributed by atoms with E-state index >= 15 is 0 Å². The molecule has 0 radical (unpaired) electrons. The van der Waals surface area contributed by atoms with E-state index in [1.165, 1.54) is 24.3 Å². The van der Waals surface area contributed by atoms with Crippen molar-refractivity contribution in [3.05, 3.63) is 84.1 Å². The van der Waals surface area contributed by atoms with Crippen molar-refractivity contribution in [1.29, 1.82) is 0 Å². The summed E-state index contributed by atoms with van der Waals surface area (Å²) in [6, 6.07) is 7.21. The molecule has 0 atom stereocenters. The summed E-state index contributed by atoms with van der Waals surface area (Å²) < 4.78 is 96.3. The van der Waals surface area contributed by atoms with Gasteiger partial charge in [0.15, 0.2) is 0 Å². The third-order valence-electron chi connectivity index (χ3n) is 5.05. The molecule has 8 nitrogen and oxygen atoms in total. The molecule has 0 aliphatic heterocycles. The number of ether oxygens (including phenoxy) is 1. The normalized spacial score (nSPS) is 11.7. The van der Waals surface area contributed by atoms with Crippen molar-refractivity contribution < 1.29 is 40.3 Å². The predicted molar refractivity (Wildman–Crippen MR) is 125 cm³/mol. The number of benzene rings is 2. The van der Waals surface area contributed by atoms with Gasteiger partial charge in [0.2, 0.25) is 0 Å². The Morgan fingerprint density at radius 1 is 0.795 bits per heavy atom. The minimum atomic E-state index is -4.74. The summed E-state index contributed by atoms with van der Waals surface area (Å²) in [7, 11) is 0. The maximum Gasteiger partial charge on any atom is 0.417 e. The minimum Gasteiger partial charge on any atom is -0.424 e. The van der Waals surface area contributed by atoms with Crippen LogP contribution in [0, 0.1) is 5.82 Å². The van der Waals surface area contributed by atoms with Crippen LogP contribution in [0.5, 0.6) is 11.8 Å². The molecule has 39 heavy (non-hydrogen) atoms. The van der Waals surface area contributed by atoms with Crippen molar-refractivity contribution >= 4 is 23.2 Å². The van der Waals surface area contributed by atoms with Gasteiger partial charge in [-0.2, -0.15) is 26.3 Å². The topological polar surface area (TPSA) is 115 Å². The van der Waals surface area contributed by atoms with Gasteiger partial charge in [-0.15, -0.1) is 0 Å². The van der Waals surface area contributed by atoms with E-state index in [0.29, 0.717) is 17.8 Å². The van der Waals surface area contributed by atoms with Gasteiger partial charge in [-0.25, -0.2) is 24.1 Å². The number of alkyl halides is 6. The molecule has 0 spiro atoms. The largest absolute Gasteiger partial charge is 0.424 e. The molecule has 4 aromatic rings. The van der Waals surface area contributed by atoms with Crippen molar-refractivity contribution in [2.24, 2.45) is 0 Å². The lowest BCUT2D eigenvalue weighted by molar-refractivity contribution is -0.138. The first-order valence-electron chi connectivity index (χ1n) is 10.7. The SMILES string of the molecule is Nc1ncc(C(F)(F)F)cc1-c1ccc(Oc2ncc(NC(=O)Nc3ccc(C(F)(F)F)cc3F)cn2)cc1. The van der Waals surface area contributed by atoms with Gasteiger partial charge in [0.05, 0.1) is 34.9 Å². The Morgan fingerprint density at radius 3 is 2.03 bits per heavy atom. The lowest BCUT2D eigenvalue weighted by atomic mass is 10.0. The van der Waals surface area contributed by atoms with Crippen LogP contribution in [0.1, 0.15) is 11.1 Å². The van der Waals surface area contributed by atoms with Crippen LogP contribution in [0.3, 0.4) is 0 Å². The third-order valence-corrected chi connectivity index (χ3v) is 5.05. The molecule has 2 heterocycles. The summed E-state index contributed by atoms with van der Waals surface area (Å²) in [5, 5.41) is 4.35. The quantitative estimate of drug-likeness (QED) is 0.237. The summed E-state index contributed by atoms with van der Waals surface area (Å²) in [5.41, 5.74) is 3.57. The lowest BCUT2D eigenvalue weighted by Gasteiger charge is -2.11. The second-order valence-electron chi connectivity index (χ2n) is 7.81. The maximum atomic E-state index is 13.9. The number of carbonyl (C=O) groups is 1. The molecular weight excluding hydrogens is 537 g/mol. The first kappa shape index (κ1) is 27.1. The second kappa shape index (κ2) is 10.4. The van der Waals surface area contributed by atoms with Gasteiger partial charge < -0.3 is 21.1 Å². The van der Waals surface area contributed by atoms with Crippen LogP contribution >= 0.6 is 0 Å². The van der Waals surface area contributed by atoms with Crippen LogP contribution in [0.2, 0.25) is 0 Å². The average Bonchev–Trinajstić information content (AvgIpc) is 2.86. The maximum absolute atomic E-state index is 13.9. The number of hydrogen-bond donors (Lipinski definition) is 3. The summed E-state index contributed by atoms with van der Waals surface area (Å²) in [5.74, 6) is -1.14. The van der Waals surface area contributed by atoms with Crippen LogP contribution in [-0.4, -0.2) is 21.0 Å². The molecule has 15 heteroatoms. The molecule has 2 aromatic heterocycles. The summed E-state index contributed by atoms with van der Waals surface area (Å²) >= 11 is 0. The molecule has 0 saturated heterocycles. The average molecular weight is 552 g/mol. The van der Waals surface area contributed by atoms with Crippen molar-refractivity contribution in [3.8, 4) is 22.9 Å². The fourth-order valence-electron chi connectivity index (χ4n) is 3.18. The van der Waals surface area contributed by atoms with Crippen molar-refractivity contribution in [3.63, 3.8) is 0 Å². The number of rotatable bonds is 5. The molecule has 202 valence electrons. The molecule has 4 rings (SSSR count). The van der Waals surface area contributed by atoms with Crippen LogP contribution < -0.4 is 21.1 Å². The number of nitrogen functional groups attached to an aromatic ring is 1. The fraction of sp³-hybridized carbons (Fsp3) is 0.0833. The number of nitrogens with one attached hydrogen (secondary N) is 2.